The van der Waals surface area contributed by atoms with Crippen LogP contribution >= 0.6 is 0 Å². The van der Waals surface area contributed by atoms with E-state index >= 15 is 0 Å². The Morgan fingerprint density at radius 2 is 0.787 bits per heavy atom. The molecule has 2 aliphatic rings. The van der Waals surface area contributed by atoms with Gasteiger partial charge >= 0.3 is 0 Å². The van der Waals surface area contributed by atoms with Crippen molar-refractivity contribution in [1.82, 2.24) is 4.57 Å². The molecular formula is C72H93NO2. The largest absolute Gasteiger partial charge is 0.496 e. The molecule has 3 heteroatoms. The van der Waals surface area contributed by atoms with Gasteiger partial charge in [0.1, 0.15) is 11.5 Å². The van der Waals surface area contributed by atoms with Gasteiger partial charge in [0.15, 0.2) is 0 Å². The summed E-state index contributed by atoms with van der Waals surface area (Å²) in [6.45, 7) is 17.2. The molecule has 0 unspecified atom stereocenters. The van der Waals surface area contributed by atoms with Crippen molar-refractivity contribution < 1.29 is 9.47 Å². The predicted octanol–water partition coefficient (Wildman–Crippen LogP) is 21.8. The summed E-state index contributed by atoms with van der Waals surface area (Å²) in [7, 11) is 3.51. The van der Waals surface area contributed by atoms with Crippen LogP contribution in [-0.4, -0.2) is 18.8 Å². The Balaban J connectivity index is 1.23. The fraction of sp³-hybridized carbons (Fsp3) is 0.500. The Kier molecular flexibility index (Phi) is 18.0. The predicted molar refractivity (Wildman–Crippen MR) is 325 cm³/mol. The monoisotopic (exact) mass is 1000 g/mol. The normalized spacial score (nSPS) is 13.9. The smallest absolute Gasteiger partial charge is 0.130 e. The number of ether oxygens (including phenoxy) is 2. The molecular weight excluding hydrogens is 911 g/mol. The van der Waals surface area contributed by atoms with Gasteiger partial charge in [-0.3, -0.25) is 0 Å². The Bertz CT molecular complexity index is 3030. The molecule has 0 N–H and O–H groups in total. The third kappa shape index (κ3) is 10.7. The van der Waals surface area contributed by atoms with Gasteiger partial charge in [0.25, 0.3) is 0 Å². The van der Waals surface area contributed by atoms with Gasteiger partial charge in [-0.1, -0.05) is 205 Å². The summed E-state index contributed by atoms with van der Waals surface area (Å²) in [6.07, 6.45) is 30.6. The molecule has 0 aliphatic heterocycles. The van der Waals surface area contributed by atoms with Gasteiger partial charge in [-0.25, -0.2) is 0 Å². The zero-order valence-electron chi connectivity index (χ0n) is 48.2. The molecule has 9 rings (SSSR count). The Hall–Kier alpha value is -5.28. The van der Waals surface area contributed by atoms with Crippen LogP contribution in [0.25, 0.3) is 66.3 Å². The van der Waals surface area contributed by atoms with Gasteiger partial charge in [-0.2, -0.15) is 0 Å². The van der Waals surface area contributed by atoms with Gasteiger partial charge in [0.05, 0.1) is 14.2 Å². The molecule has 75 heavy (non-hydrogen) atoms. The Morgan fingerprint density at radius 3 is 1.29 bits per heavy atom. The first-order valence-electron chi connectivity index (χ1n) is 30.4. The lowest BCUT2D eigenvalue weighted by Crippen LogP contribution is -2.27. The maximum atomic E-state index is 6.02. The summed E-state index contributed by atoms with van der Waals surface area (Å²) in [5.41, 5.74) is 22.7. The van der Waals surface area contributed by atoms with Crippen molar-refractivity contribution in [2.75, 3.05) is 14.2 Å². The quantitative estimate of drug-likeness (QED) is 0.0437. The highest BCUT2D eigenvalue weighted by molar-refractivity contribution is 6.11. The van der Waals surface area contributed by atoms with Gasteiger partial charge in [-0.15, -0.1) is 0 Å². The summed E-state index contributed by atoms with van der Waals surface area (Å²) in [5, 5.41) is 2.64. The zero-order chi connectivity index (χ0) is 52.5. The molecule has 0 bridgehead atoms. The molecule has 0 spiro atoms. The molecule has 2 aliphatic carbocycles. The molecule has 1 heterocycles. The topological polar surface area (TPSA) is 23.4 Å². The van der Waals surface area contributed by atoms with Crippen molar-refractivity contribution in [3.8, 4) is 56.0 Å². The molecule has 0 radical (unpaired) electrons. The van der Waals surface area contributed by atoms with E-state index in [0.717, 1.165) is 29.2 Å². The van der Waals surface area contributed by atoms with E-state index in [1.807, 2.05) is 6.07 Å². The lowest BCUT2D eigenvalue weighted by atomic mass is 9.68. The second-order valence-electron chi connectivity index (χ2n) is 23.4. The molecule has 0 saturated heterocycles. The van der Waals surface area contributed by atoms with Crippen LogP contribution in [0.2, 0.25) is 0 Å². The number of aromatic nitrogens is 1. The molecule has 7 aromatic rings. The zero-order valence-corrected chi connectivity index (χ0v) is 48.2. The van der Waals surface area contributed by atoms with E-state index in [1.165, 1.54) is 215 Å². The number of hydrogen-bond donors (Lipinski definition) is 0. The minimum Gasteiger partial charge on any atom is -0.496 e. The van der Waals surface area contributed by atoms with Crippen molar-refractivity contribution in [1.29, 1.82) is 0 Å². The fourth-order valence-corrected chi connectivity index (χ4v) is 14.2. The van der Waals surface area contributed by atoms with Crippen molar-refractivity contribution >= 4 is 21.8 Å². The third-order valence-corrected chi connectivity index (χ3v) is 18.3. The molecule has 0 amide bonds. The van der Waals surface area contributed by atoms with E-state index in [2.05, 4.69) is 144 Å². The number of hydrogen-bond acceptors (Lipinski definition) is 2. The van der Waals surface area contributed by atoms with E-state index in [4.69, 9.17) is 9.47 Å². The standard InChI is InChI=1S/C72H93NO2/c1-10-15-20-25-38-71(39-26-21-16-11-2)63-43-51(6)30-34-56(63)59-48-66-60(49-65(59)71)57-35-31-54(47-64(57)72(66,40-27-22-17-12-3)41-28-23-18-13-4)53-32-36-67-61(45-53)62-46-55(33-37-68(62)73(67)42-29-24-19-14-5)58-44-52(7)69(74-8)50-70(58)75-9/h30-37,43-50H,10-29,38-42H2,1-9H3. The molecule has 0 fully saturated rings. The summed E-state index contributed by atoms with van der Waals surface area (Å²) < 4.78 is 14.4. The van der Waals surface area contributed by atoms with E-state index in [9.17, 15) is 0 Å². The molecule has 398 valence electrons. The van der Waals surface area contributed by atoms with Crippen molar-refractivity contribution in [3.63, 3.8) is 0 Å². The molecule has 6 aromatic carbocycles. The minimum atomic E-state index is -0.0291. The number of benzene rings is 6. The number of fused-ring (bicyclic) bond motifs is 9. The van der Waals surface area contributed by atoms with Crippen LogP contribution in [0.3, 0.4) is 0 Å². The molecule has 1 aromatic heterocycles. The van der Waals surface area contributed by atoms with E-state index < -0.39 is 0 Å². The number of nitrogens with zero attached hydrogens (tertiary/aromatic N) is 1. The Morgan fingerprint density at radius 1 is 0.360 bits per heavy atom. The average molecular weight is 1000 g/mol. The van der Waals surface area contributed by atoms with Crippen LogP contribution in [0.15, 0.2) is 97.1 Å². The number of unbranched alkanes of at least 4 members (excludes halogenated alkanes) is 15. The van der Waals surface area contributed by atoms with Gasteiger partial charge < -0.3 is 14.0 Å². The first-order valence-corrected chi connectivity index (χ1v) is 30.4. The second-order valence-corrected chi connectivity index (χ2v) is 23.4. The fourth-order valence-electron chi connectivity index (χ4n) is 14.2. The first-order chi connectivity index (χ1) is 36.7. The van der Waals surface area contributed by atoms with Crippen LogP contribution in [0.4, 0.5) is 0 Å². The highest BCUT2D eigenvalue weighted by Crippen LogP contribution is 2.61. The second kappa shape index (κ2) is 24.8. The van der Waals surface area contributed by atoms with Crippen LogP contribution in [0.5, 0.6) is 11.5 Å². The Labute approximate surface area is 454 Å². The van der Waals surface area contributed by atoms with Crippen molar-refractivity contribution in [3.05, 3.63) is 130 Å². The summed E-state index contributed by atoms with van der Waals surface area (Å²) in [4.78, 5) is 0. The van der Waals surface area contributed by atoms with Crippen LogP contribution < -0.4 is 9.47 Å². The summed E-state index contributed by atoms with van der Waals surface area (Å²) >= 11 is 0. The highest BCUT2D eigenvalue weighted by Gasteiger charge is 2.48. The van der Waals surface area contributed by atoms with Gasteiger partial charge in [-0.05, 0) is 161 Å². The molecule has 0 atom stereocenters. The first kappa shape index (κ1) is 54.5. The SMILES string of the molecule is CCCCCCn1c2ccc(-c3ccc4c(c3)C(CCCCCC)(CCCCCC)c3cc5c(cc3-4)C(CCCCCC)(CCCCCC)c3cc(C)ccc3-5)cc2c2cc(-c3cc(C)c(OC)cc3OC)ccc21. The highest BCUT2D eigenvalue weighted by atomic mass is 16.5. The van der Waals surface area contributed by atoms with E-state index in [-0.39, 0.29) is 10.8 Å². The summed E-state index contributed by atoms with van der Waals surface area (Å²) in [6, 6.07) is 39.7. The average Bonchev–Trinajstić information content (AvgIpc) is 4.04. The summed E-state index contributed by atoms with van der Waals surface area (Å²) in [5.74, 6) is 1.68. The van der Waals surface area contributed by atoms with E-state index in [1.54, 1.807) is 42.0 Å². The lowest BCUT2D eigenvalue weighted by molar-refractivity contribution is 0.393. The minimum absolute atomic E-state index is 0.0291. The van der Waals surface area contributed by atoms with Gasteiger partial charge in [0.2, 0.25) is 0 Å². The van der Waals surface area contributed by atoms with Gasteiger partial charge in [0, 0.05) is 50.8 Å². The third-order valence-electron chi connectivity index (χ3n) is 18.3. The lowest BCUT2D eigenvalue weighted by Gasteiger charge is -2.35. The van der Waals surface area contributed by atoms with Crippen molar-refractivity contribution in [2.24, 2.45) is 0 Å². The maximum absolute atomic E-state index is 6.02. The van der Waals surface area contributed by atoms with Crippen LogP contribution in [-0.2, 0) is 17.4 Å². The van der Waals surface area contributed by atoms with Crippen LogP contribution in [0.1, 0.15) is 222 Å². The van der Waals surface area contributed by atoms with E-state index in [0.29, 0.717) is 0 Å². The molecule has 0 saturated carbocycles. The molecule has 3 nitrogen and oxygen atoms in total. The number of methoxy groups -OCH3 is 2. The van der Waals surface area contributed by atoms with Crippen molar-refractivity contribution in [2.45, 2.75) is 220 Å². The maximum Gasteiger partial charge on any atom is 0.130 e. The number of rotatable bonds is 29. The van der Waals surface area contributed by atoms with Crippen LogP contribution in [0, 0.1) is 13.8 Å². The number of aryl methyl sites for hydroxylation is 3.